The molecule has 0 radical (unpaired) electrons. The lowest BCUT2D eigenvalue weighted by molar-refractivity contribution is -0.190. The number of alkyl halides is 3. The number of amides is 2. The lowest BCUT2D eigenvalue weighted by Gasteiger charge is -2.38. The highest BCUT2D eigenvalue weighted by molar-refractivity contribution is 6.30. The van der Waals surface area contributed by atoms with Crippen molar-refractivity contribution < 1.29 is 22.8 Å². The summed E-state index contributed by atoms with van der Waals surface area (Å²) < 4.78 is 42.5. The van der Waals surface area contributed by atoms with E-state index in [1.54, 1.807) is 70.2 Å². The fourth-order valence-electron chi connectivity index (χ4n) is 4.75. The maximum Gasteiger partial charge on any atom is 0.471 e. The second kappa shape index (κ2) is 11.2. The minimum absolute atomic E-state index is 0.0758. The Labute approximate surface area is 230 Å². The van der Waals surface area contributed by atoms with E-state index in [1.165, 1.54) is 0 Å². The van der Waals surface area contributed by atoms with Crippen molar-refractivity contribution in [2.24, 2.45) is 5.41 Å². The molecule has 1 aliphatic heterocycles. The number of hydrogen-bond donors (Lipinski definition) is 2. The van der Waals surface area contributed by atoms with Crippen LogP contribution in [0.2, 0.25) is 5.02 Å². The Morgan fingerprint density at radius 2 is 1.77 bits per heavy atom. The topological polar surface area (TPSA) is 79.3 Å². The van der Waals surface area contributed by atoms with Crippen molar-refractivity contribution in [1.29, 1.82) is 0 Å². The average molecular weight is 564 g/mol. The van der Waals surface area contributed by atoms with E-state index in [0.717, 1.165) is 36.3 Å². The summed E-state index contributed by atoms with van der Waals surface area (Å²) in [6.45, 7) is 8.42. The van der Waals surface area contributed by atoms with E-state index in [4.69, 9.17) is 11.6 Å². The van der Waals surface area contributed by atoms with Crippen LogP contribution in [0.15, 0.2) is 42.5 Å². The molecular weight excluding hydrogens is 531 g/mol. The smallest absolute Gasteiger partial charge is 0.327 e. The van der Waals surface area contributed by atoms with Gasteiger partial charge >= 0.3 is 12.1 Å². The molecule has 1 unspecified atom stereocenters. The van der Waals surface area contributed by atoms with Crippen LogP contribution in [0.25, 0.3) is 11.0 Å². The molecule has 1 aliphatic rings. The lowest BCUT2D eigenvalue weighted by Crippen LogP contribution is -2.50. The van der Waals surface area contributed by atoms with Gasteiger partial charge in [-0.3, -0.25) is 14.9 Å². The summed E-state index contributed by atoms with van der Waals surface area (Å²) in [6.07, 6.45) is -3.33. The molecule has 1 atom stereocenters. The minimum atomic E-state index is -4.99. The second-order valence-electron chi connectivity index (χ2n) is 11.0. The van der Waals surface area contributed by atoms with Gasteiger partial charge < -0.3 is 14.8 Å². The molecule has 2 aromatic carbocycles. The Morgan fingerprint density at radius 1 is 1.13 bits per heavy atom. The summed E-state index contributed by atoms with van der Waals surface area (Å²) in [4.78, 5) is 31.0. The first-order valence-electron chi connectivity index (χ1n) is 12.9. The highest BCUT2D eigenvalue weighted by Crippen LogP contribution is 2.33. The molecule has 0 bridgehead atoms. The molecular formula is C28H33ClF3N5O2. The molecule has 1 aromatic heterocycles. The van der Waals surface area contributed by atoms with Gasteiger partial charge in [0.2, 0.25) is 5.95 Å². The van der Waals surface area contributed by atoms with Crippen LogP contribution in [-0.2, 0) is 11.3 Å². The monoisotopic (exact) mass is 563 g/mol. The summed E-state index contributed by atoms with van der Waals surface area (Å²) in [6, 6.07) is 11.1. The summed E-state index contributed by atoms with van der Waals surface area (Å²) in [7, 11) is 0. The Kier molecular flexibility index (Phi) is 8.28. The number of hydrogen-bond acceptors (Lipinski definition) is 4. The van der Waals surface area contributed by atoms with Gasteiger partial charge in [-0.2, -0.15) is 13.2 Å². The van der Waals surface area contributed by atoms with E-state index < -0.39 is 23.5 Å². The van der Waals surface area contributed by atoms with Crippen LogP contribution in [0, 0.1) is 5.41 Å². The predicted octanol–water partition coefficient (Wildman–Crippen LogP) is 6.19. The van der Waals surface area contributed by atoms with Crippen LogP contribution in [0.4, 0.5) is 19.1 Å². The zero-order valence-electron chi connectivity index (χ0n) is 22.4. The largest absolute Gasteiger partial charge is 0.471 e. The van der Waals surface area contributed by atoms with Gasteiger partial charge in [0, 0.05) is 29.2 Å². The van der Waals surface area contributed by atoms with Crippen molar-refractivity contribution in [2.45, 2.75) is 65.3 Å². The van der Waals surface area contributed by atoms with E-state index in [1.807, 2.05) is 4.57 Å². The normalized spacial score (nSPS) is 15.8. The van der Waals surface area contributed by atoms with Gasteiger partial charge in [0.05, 0.1) is 11.0 Å². The second-order valence-corrected chi connectivity index (χ2v) is 11.5. The molecule has 4 rings (SSSR count). The molecule has 2 N–H and O–H groups in total. The number of aromatic nitrogens is 2. The number of nitrogens with one attached hydrogen (secondary N) is 2. The molecule has 0 saturated carbocycles. The van der Waals surface area contributed by atoms with Gasteiger partial charge in [0.1, 0.15) is 0 Å². The van der Waals surface area contributed by atoms with E-state index in [0.29, 0.717) is 27.6 Å². The van der Waals surface area contributed by atoms with Gasteiger partial charge in [0.15, 0.2) is 0 Å². The van der Waals surface area contributed by atoms with E-state index in [9.17, 15) is 22.8 Å². The minimum Gasteiger partial charge on any atom is -0.327 e. The average Bonchev–Trinajstić information content (AvgIpc) is 3.23. The molecule has 2 amide bonds. The number of halogens is 4. The summed E-state index contributed by atoms with van der Waals surface area (Å²) in [5.74, 6) is -1.86. The van der Waals surface area contributed by atoms with E-state index in [-0.39, 0.29) is 18.5 Å². The molecule has 2 heterocycles. The molecule has 7 nitrogen and oxygen atoms in total. The third kappa shape index (κ3) is 6.55. The molecule has 1 saturated heterocycles. The third-order valence-corrected chi connectivity index (χ3v) is 7.59. The standard InChI is InChI=1S/C28H33ClF3N5O2/c1-17(27(2,3)4)36(25(39)28(30,31)32)16-18-5-10-23-22(15-18)34-26(37(23)21-11-13-33-14-12-21)35-24(38)19-6-8-20(29)9-7-19/h5-10,15,17,21,33H,11-14,16H2,1-4H3,(H,34,35,38). The summed E-state index contributed by atoms with van der Waals surface area (Å²) in [5, 5.41) is 6.75. The highest BCUT2D eigenvalue weighted by Gasteiger charge is 2.45. The van der Waals surface area contributed by atoms with Crippen LogP contribution in [0.1, 0.15) is 62.5 Å². The zero-order valence-corrected chi connectivity index (χ0v) is 23.2. The number of carbonyl (C=O) groups excluding carboxylic acids is 2. The molecule has 1 fully saturated rings. The maximum absolute atomic E-state index is 13.5. The predicted molar refractivity (Wildman–Crippen MR) is 146 cm³/mol. The number of benzene rings is 2. The number of rotatable bonds is 6. The van der Waals surface area contributed by atoms with E-state index >= 15 is 0 Å². The van der Waals surface area contributed by atoms with Crippen molar-refractivity contribution in [3.8, 4) is 0 Å². The fraction of sp³-hybridized carbons (Fsp3) is 0.464. The number of anilines is 1. The fourth-order valence-corrected chi connectivity index (χ4v) is 4.88. The zero-order chi connectivity index (χ0) is 28.5. The molecule has 39 heavy (non-hydrogen) atoms. The molecule has 3 aromatic rings. The third-order valence-electron chi connectivity index (χ3n) is 7.34. The first-order valence-corrected chi connectivity index (χ1v) is 13.3. The Balaban J connectivity index is 1.71. The highest BCUT2D eigenvalue weighted by atomic mass is 35.5. The van der Waals surface area contributed by atoms with Gasteiger partial charge in [-0.25, -0.2) is 4.98 Å². The van der Waals surface area contributed by atoms with E-state index in [2.05, 4.69) is 15.6 Å². The Bertz CT molecular complexity index is 1340. The van der Waals surface area contributed by atoms with Gasteiger partial charge in [-0.15, -0.1) is 0 Å². The van der Waals surface area contributed by atoms with Crippen LogP contribution in [-0.4, -0.2) is 51.6 Å². The van der Waals surface area contributed by atoms with Gasteiger partial charge in [0.25, 0.3) is 5.91 Å². The first kappa shape index (κ1) is 28.9. The number of carbonyl (C=O) groups is 2. The molecule has 210 valence electrons. The Hall–Kier alpha value is -3.11. The van der Waals surface area contributed by atoms with Gasteiger partial charge in [-0.05, 0) is 80.2 Å². The van der Waals surface area contributed by atoms with Crippen molar-refractivity contribution >= 4 is 40.4 Å². The number of nitrogens with zero attached hydrogens (tertiary/aromatic N) is 3. The molecule has 0 aliphatic carbocycles. The number of imidazole rings is 1. The number of fused-ring (bicyclic) bond motifs is 1. The first-order chi connectivity index (χ1) is 18.3. The molecule has 0 spiro atoms. The van der Waals surface area contributed by atoms with Crippen LogP contribution in [0.5, 0.6) is 0 Å². The summed E-state index contributed by atoms with van der Waals surface area (Å²) >= 11 is 5.96. The van der Waals surface area contributed by atoms with Crippen LogP contribution in [0.3, 0.4) is 0 Å². The van der Waals surface area contributed by atoms with Crippen LogP contribution < -0.4 is 10.6 Å². The SMILES string of the molecule is CC(N(Cc1ccc2c(c1)nc(NC(=O)c1ccc(Cl)cc1)n2C1CCNCC1)C(=O)C(F)(F)F)C(C)(C)C. The number of piperidine rings is 1. The lowest BCUT2D eigenvalue weighted by atomic mass is 9.86. The molecule has 11 heteroatoms. The van der Waals surface area contributed by atoms with Crippen molar-refractivity contribution in [1.82, 2.24) is 19.8 Å². The van der Waals surface area contributed by atoms with Crippen LogP contribution >= 0.6 is 11.6 Å². The quantitative estimate of drug-likeness (QED) is 0.375. The summed E-state index contributed by atoms with van der Waals surface area (Å²) in [5.41, 5.74) is 1.65. The van der Waals surface area contributed by atoms with Crippen molar-refractivity contribution in [3.05, 3.63) is 58.6 Å². The van der Waals surface area contributed by atoms with Crippen molar-refractivity contribution in [2.75, 3.05) is 18.4 Å². The van der Waals surface area contributed by atoms with Gasteiger partial charge in [-0.1, -0.05) is 38.4 Å². The Morgan fingerprint density at radius 3 is 2.36 bits per heavy atom. The van der Waals surface area contributed by atoms with Crippen molar-refractivity contribution in [3.63, 3.8) is 0 Å². The maximum atomic E-state index is 13.5.